The lowest BCUT2D eigenvalue weighted by Gasteiger charge is -2.39. The summed E-state index contributed by atoms with van der Waals surface area (Å²) < 4.78 is 47.5. The predicted molar refractivity (Wildman–Crippen MR) is 123 cm³/mol. The Morgan fingerprint density at radius 2 is 2.08 bits per heavy atom. The second-order valence-corrected chi connectivity index (χ2v) is 9.91. The van der Waals surface area contributed by atoms with Crippen molar-refractivity contribution in [3.05, 3.63) is 29.8 Å². The number of nitrogens with one attached hydrogen (secondary N) is 3. The highest BCUT2D eigenvalue weighted by Gasteiger charge is 2.54. The molecule has 3 aliphatic rings. The van der Waals surface area contributed by atoms with Gasteiger partial charge in [-0.05, 0) is 44.7 Å². The van der Waals surface area contributed by atoms with Crippen LogP contribution in [0.5, 0.6) is 5.88 Å². The topological polar surface area (TPSA) is 112 Å². The number of alkyl halides is 2. The number of hydrogen-bond donors (Lipinski definition) is 3. The Morgan fingerprint density at radius 3 is 2.81 bits per heavy atom. The first-order valence-corrected chi connectivity index (χ1v) is 12.2. The summed E-state index contributed by atoms with van der Waals surface area (Å²) in [4.78, 5) is 31.7. The van der Waals surface area contributed by atoms with Gasteiger partial charge in [0.05, 0.1) is 25.5 Å². The molecule has 1 saturated carbocycles. The summed E-state index contributed by atoms with van der Waals surface area (Å²) in [6, 6.07) is 2.90. The number of nitrogens with zero attached hydrogens (tertiary/aromatic N) is 3. The third-order valence-electron chi connectivity index (χ3n) is 7.62. The highest BCUT2D eigenvalue weighted by Crippen LogP contribution is 2.50. The molecule has 0 radical (unpaired) electrons. The van der Waals surface area contributed by atoms with Crippen molar-refractivity contribution in [1.82, 2.24) is 30.7 Å². The van der Waals surface area contributed by atoms with E-state index >= 15 is 0 Å². The lowest BCUT2D eigenvalue weighted by atomic mass is 9.87. The van der Waals surface area contributed by atoms with Gasteiger partial charge in [0.15, 0.2) is 5.82 Å². The molecule has 0 bridgehead atoms. The Kier molecular flexibility index (Phi) is 6.39. The second kappa shape index (κ2) is 9.38. The fourth-order valence-electron chi connectivity index (χ4n) is 5.30. The Hall–Kier alpha value is -3.15. The zero-order valence-corrected chi connectivity index (χ0v) is 20.0. The van der Waals surface area contributed by atoms with E-state index in [1.54, 1.807) is 4.90 Å². The first kappa shape index (κ1) is 24.5. The van der Waals surface area contributed by atoms with Gasteiger partial charge in [-0.25, -0.2) is 18.2 Å². The van der Waals surface area contributed by atoms with Crippen molar-refractivity contribution in [2.45, 2.75) is 43.6 Å². The quantitative estimate of drug-likeness (QED) is 0.555. The lowest BCUT2D eigenvalue weighted by Crippen LogP contribution is -2.53. The first-order chi connectivity index (χ1) is 17.2. The molecule has 3 N–H and O–H groups in total. The number of amides is 2. The molecule has 4 heterocycles. The van der Waals surface area contributed by atoms with Crippen LogP contribution in [0.2, 0.25) is 0 Å². The van der Waals surface area contributed by atoms with E-state index < -0.39 is 23.2 Å². The third-order valence-corrected chi connectivity index (χ3v) is 7.62. The summed E-state index contributed by atoms with van der Waals surface area (Å²) in [5, 5.41) is 12.2. The van der Waals surface area contributed by atoms with Crippen molar-refractivity contribution in [2.24, 2.45) is 11.8 Å². The van der Waals surface area contributed by atoms with Gasteiger partial charge in [0.2, 0.25) is 11.8 Å². The van der Waals surface area contributed by atoms with E-state index in [2.05, 4.69) is 25.8 Å². The molecule has 2 atom stereocenters. The van der Waals surface area contributed by atoms with E-state index in [4.69, 9.17) is 4.74 Å². The van der Waals surface area contributed by atoms with Crippen molar-refractivity contribution in [2.75, 3.05) is 33.3 Å². The van der Waals surface area contributed by atoms with E-state index in [0.717, 1.165) is 19.0 Å². The van der Waals surface area contributed by atoms with Crippen LogP contribution in [0.25, 0.3) is 11.3 Å². The zero-order valence-electron chi connectivity index (χ0n) is 20.0. The van der Waals surface area contributed by atoms with Gasteiger partial charge in [-0.15, -0.1) is 0 Å². The Morgan fingerprint density at radius 1 is 1.28 bits per heavy atom. The molecule has 12 heteroatoms. The van der Waals surface area contributed by atoms with Crippen LogP contribution in [0, 0.1) is 17.7 Å². The summed E-state index contributed by atoms with van der Waals surface area (Å²) in [5.74, 6) is -4.90. The Bertz CT molecular complexity index is 1150. The van der Waals surface area contributed by atoms with E-state index in [0.29, 0.717) is 32.4 Å². The van der Waals surface area contributed by atoms with E-state index in [1.165, 1.54) is 19.2 Å². The van der Waals surface area contributed by atoms with Gasteiger partial charge in [0.1, 0.15) is 5.69 Å². The van der Waals surface area contributed by atoms with Gasteiger partial charge >= 0.3 is 0 Å². The highest BCUT2D eigenvalue weighted by molar-refractivity contribution is 5.94. The standard InChI is InChI=1S/C24H29F3N6O3/c1-36-20-8-16(17(25)12-29-20)18-9-19(32-31-18)22(35)33-7-3-14(10-23(33)4-5-23)21(34)30-11-15-2-6-28-13-24(15,26)27/h8-9,12,14-15,28H,2-7,10-11,13H2,1H3,(H,30,34)(H,31,32)/t14?,15-/m0/s1. The number of hydrogen-bond acceptors (Lipinski definition) is 6. The minimum atomic E-state index is -2.84. The molecule has 2 amide bonds. The van der Waals surface area contributed by atoms with Crippen LogP contribution in [0.4, 0.5) is 13.2 Å². The minimum Gasteiger partial charge on any atom is -0.481 e. The molecule has 0 aromatic carbocycles. The number of carbonyl (C=O) groups excluding carboxylic acids is 2. The number of methoxy groups -OCH3 is 1. The number of aromatic amines is 1. The lowest BCUT2D eigenvalue weighted by molar-refractivity contribution is -0.128. The average Bonchev–Trinajstić information content (AvgIpc) is 3.44. The summed E-state index contributed by atoms with van der Waals surface area (Å²) in [5.41, 5.74) is 0.216. The van der Waals surface area contributed by atoms with Gasteiger partial charge < -0.3 is 20.3 Å². The van der Waals surface area contributed by atoms with Crippen LogP contribution < -0.4 is 15.4 Å². The van der Waals surface area contributed by atoms with Gasteiger partial charge in [-0.3, -0.25) is 14.7 Å². The maximum absolute atomic E-state index is 14.3. The van der Waals surface area contributed by atoms with Crippen LogP contribution in [0.3, 0.4) is 0 Å². The SMILES string of the molecule is COc1cc(-c2cc(C(=O)N3CCC(C(=O)NC[C@@H]4CCNCC4(F)F)CC34CC4)[nH]n2)c(F)cn1. The largest absolute Gasteiger partial charge is 0.481 e. The maximum atomic E-state index is 14.3. The molecule has 1 aliphatic carbocycles. The predicted octanol–water partition coefficient (Wildman–Crippen LogP) is 2.37. The fraction of sp³-hybridized carbons (Fsp3) is 0.583. The summed E-state index contributed by atoms with van der Waals surface area (Å²) in [6.07, 6.45) is 3.82. The maximum Gasteiger partial charge on any atom is 0.272 e. The molecular weight excluding hydrogens is 477 g/mol. The number of H-pyrrole nitrogens is 1. The van der Waals surface area contributed by atoms with Crippen molar-refractivity contribution in [3.63, 3.8) is 0 Å². The normalized spacial score (nSPS) is 24.4. The van der Waals surface area contributed by atoms with Crippen LogP contribution in [-0.2, 0) is 4.79 Å². The third kappa shape index (κ3) is 4.65. The van der Waals surface area contributed by atoms with E-state index in [9.17, 15) is 22.8 Å². The number of likely N-dealkylation sites (tertiary alicyclic amines) is 1. The molecule has 9 nitrogen and oxygen atoms in total. The van der Waals surface area contributed by atoms with Crippen molar-refractivity contribution < 1.29 is 27.5 Å². The first-order valence-electron chi connectivity index (χ1n) is 12.2. The van der Waals surface area contributed by atoms with Gasteiger partial charge in [-0.1, -0.05) is 0 Å². The van der Waals surface area contributed by atoms with Crippen LogP contribution in [-0.4, -0.2) is 76.6 Å². The van der Waals surface area contributed by atoms with Crippen molar-refractivity contribution in [1.29, 1.82) is 0 Å². The molecule has 194 valence electrons. The number of ether oxygens (including phenoxy) is 1. The molecule has 2 aliphatic heterocycles. The Balaban J connectivity index is 1.22. The van der Waals surface area contributed by atoms with E-state index in [-0.39, 0.29) is 53.7 Å². The molecule has 2 aromatic heterocycles. The molecule has 1 unspecified atom stereocenters. The smallest absolute Gasteiger partial charge is 0.272 e. The van der Waals surface area contributed by atoms with Crippen LogP contribution in [0.1, 0.15) is 42.6 Å². The highest BCUT2D eigenvalue weighted by atomic mass is 19.3. The number of carbonyl (C=O) groups is 2. The Labute approximate surface area is 206 Å². The van der Waals surface area contributed by atoms with Crippen molar-refractivity contribution in [3.8, 4) is 17.1 Å². The molecule has 1 spiro atoms. The molecular formula is C24H29F3N6O3. The fourth-order valence-corrected chi connectivity index (χ4v) is 5.30. The average molecular weight is 507 g/mol. The molecule has 2 aromatic rings. The van der Waals surface area contributed by atoms with Crippen LogP contribution in [0.15, 0.2) is 18.3 Å². The van der Waals surface area contributed by atoms with E-state index in [1.807, 2.05) is 0 Å². The molecule has 5 rings (SSSR count). The number of halogens is 3. The van der Waals surface area contributed by atoms with Crippen LogP contribution >= 0.6 is 0 Å². The summed E-state index contributed by atoms with van der Waals surface area (Å²) in [7, 11) is 1.42. The zero-order chi connectivity index (χ0) is 25.5. The second-order valence-electron chi connectivity index (χ2n) is 9.91. The van der Waals surface area contributed by atoms with Gasteiger partial charge in [0, 0.05) is 42.1 Å². The molecule has 2 saturated heterocycles. The molecule has 36 heavy (non-hydrogen) atoms. The summed E-state index contributed by atoms with van der Waals surface area (Å²) >= 11 is 0. The van der Waals surface area contributed by atoms with Crippen molar-refractivity contribution >= 4 is 11.8 Å². The van der Waals surface area contributed by atoms with Gasteiger partial charge in [-0.2, -0.15) is 5.10 Å². The summed E-state index contributed by atoms with van der Waals surface area (Å²) in [6.45, 7) is 0.462. The van der Waals surface area contributed by atoms with Gasteiger partial charge in [0.25, 0.3) is 11.8 Å². The number of piperidine rings is 2. The minimum absolute atomic E-state index is 0.0487. The monoisotopic (exact) mass is 506 g/mol. The number of rotatable bonds is 6. The molecule has 3 fully saturated rings. The number of aromatic nitrogens is 3. The number of pyridine rings is 1.